The average molecular weight is 1070 g/mol. The third kappa shape index (κ3) is 10.3. The molecule has 2 aromatic heterocycles. The van der Waals surface area contributed by atoms with E-state index in [4.69, 9.17) is 9.72 Å². The quantitative estimate of drug-likeness (QED) is 0.137. The van der Waals surface area contributed by atoms with Crippen molar-refractivity contribution in [2.75, 3.05) is 16.5 Å². The molecule has 5 heteroatoms. The van der Waals surface area contributed by atoms with Gasteiger partial charge in [-0.2, -0.15) is 0 Å². The van der Waals surface area contributed by atoms with Crippen molar-refractivity contribution in [1.29, 1.82) is 0 Å². The van der Waals surface area contributed by atoms with Crippen LogP contribution in [0.15, 0.2) is 194 Å². The maximum atomic E-state index is 7.49. The van der Waals surface area contributed by atoms with Gasteiger partial charge < -0.3 is 14.5 Å². The first kappa shape index (κ1) is 55.0. The molecule has 81 heavy (non-hydrogen) atoms. The van der Waals surface area contributed by atoms with Crippen LogP contribution < -0.4 is 14.5 Å². The third-order valence-electron chi connectivity index (χ3n) is 17.2. The van der Waals surface area contributed by atoms with E-state index >= 15 is 0 Å². The van der Waals surface area contributed by atoms with Gasteiger partial charge in [0.2, 0.25) is 0 Å². The SMILES string of the molecule is CC(C)(C)c1cc(Oc2cc(C(C)(C)c3ccccc3)c3c4ccccc4n(-c4cc(C(C)(C)C)ccn4)c3c2)cc(N2CN(c3cc(-c4ccccc4)cc(C(C)(C)c4ccccc4)c3)c3cc(C(C)(C)C)c(C(C)(C)C)cc32)c1. The molecule has 0 bridgehead atoms. The lowest BCUT2D eigenvalue weighted by molar-refractivity contribution is 0.477. The van der Waals surface area contributed by atoms with Gasteiger partial charge in [-0.15, -0.1) is 0 Å². The number of aromatic nitrogens is 2. The second kappa shape index (κ2) is 20.0. The van der Waals surface area contributed by atoms with Crippen LogP contribution in [0.2, 0.25) is 0 Å². The zero-order chi connectivity index (χ0) is 57.6. The zero-order valence-electron chi connectivity index (χ0n) is 50.9. The molecular weight excluding hydrogens is 985 g/mol. The molecule has 5 nitrogen and oxygen atoms in total. The molecule has 0 saturated carbocycles. The second-order valence-corrected chi connectivity index (χ2v) is 27.9. The third-order valence-corrected chi connectivity index (χ3v) is 17.2. The number of para-hydroxylation sites is 1. The van der Waals surface area contributed by atoms with Crippen molar-refractivity contribution in [2.45, 2.75) is 143 Å². The maximum absolute atomic E-state index is 7.49. The van der Waals surface area contributed by atoms with Crippen LogP contribution >= 0.6 is 0 Å². The molecule has 3 heterocycles. The van der Waals surface area contributed by atoms with Crippen LogP contribution in [0.1, 0.15) is 155 Å². The first-order valence-electron chi connectivity index (χ1n) is 29.1. The van der Waals surface area contributed by atoms with E-state index in [2.05, 4.69) is 313 Å². The van der Waals surface area contributed by atoms with Gasteiger partial charge in [-0.3, -0.25) is 4.57 Å². The van der Waals surface area contributed by atoms with Gasteiger partial charge >= 0.3 is 0 Å². The molecule has 0 radical (unpaired) electrons. The van der Waals surface area contributed by atoms with E-state index in [1.165, 1.54) is 77.8 Å². The Labute approximate surface area is 483 Å². The monoisotopic (exact) mass is 1070 g/mol. The van der Waals surface area contributed by atoms with Crippen molar-refractivity contribution in [3.63, 3.8) is 0 Å². The summed E-state index contributed by atoms with van der Waals surface area (Å²) < 4.78 is 9.84. The largest absolute Gasteiger partial charge is 0.457 e. The molecule has 0 spiro atoms. The summed E-state index contributed by atoms with van der Waals surface area (Å²) in [6, 6.07) is 69.7. The van der Waals surface area contributed by atoms with Crippen molar-refractivity contribution in [1.82, 2.24) is 9.55 Å². The highest BCUT2D eigenvalue weighted by atomic mass is 16.5. The second-order valence-electron chi connectivity index (χ2n) is 27.9. The summed E-state index contributed by atoms with van der Waals surface area (Å²) in [5, 5.41) is 2.38. The Morgan fingerprint density at radius 1 is 0.370 bits per heavy atom. The lowest BCUT2D eigenvalue weighted by atomic mass is 9.74. The highest BCUT2D eigenvalue weighted by Crippen LogP contribution is 2.52. The summed E-state index contributed by atoms with van der Waals surface area (Å²) in [6.07, 6.45) is 1.96. The smallest absolute Gasteiger partial charge is 0.137 e. The topological polar surface area (TPSA) is 33.5 Å². The van der Waals surface area contributed by atoms with Crippen molar-refractivity contribution < 1.29 is 4.74 Å². The molecule has 0 N–H and O–H groups in total. The minimum absolute atomic E-state index is 0.0640. The molecule has 412 valence electrons. The van der Waals surface area contributed by atoms with Crippen LogP contribution in [-0.4, -0.2) is 16.2 Å². The molecule has 0 fully saturated rings. The van der Waals surface area contributed by atoms with Gasteiger partial charge in [-0.1, -0.05) is 226 Å². The van der Waals surface area contributed by atoms with E-state index in [0.717, 1.165) is 39.7 Å². The van der Waals surface area contributed by atoms with E-state index in [0.29, 0.717) is 6.67 Å². The minimum Gasteiger partial charge on any atom is -0.457 e. The molecule has 11 rings (SSSR count). The fourth-order valence-corrected chi connectivity index (χ4v) is 12.2. The zero-order valence-corrected chi connectivity index (χ0v) is 50.9. The number of nitrogens with zero attached hydrogens (tertiary/aromatic N) is 4. The lowest BCUT2D eigenvalue weighted by Crippen LogP contribution is -2.25. The number of anilines is 4. The summed E-state index contributed by atoms with van der Waals surface area (Å²) in [7, 11) is 0. The molecule has 8 aromatic carbocycles. The van der Waals surface area contributed by atoms with Crippen molar-refractivity contribution in [3.05, 3.63) is 239 Å². The van der Waals surface area contributed by atoms with E-state index in [1.807, 2.05) is 6.20 Å². The number of ether oxygens (including phenoxy) is 1. The Hall–Kier alpha value is -7.89. The normalized spacial score (nSPS) is 13.6. The summed E-state index contributed by atoms with van der Waals surface area (Å²) in [4.78, 5) is 10.2. The maximum Gasteiger partial charge on any atom is 0.137 e. The van der Waals surface area contributed by atoms with Gasteiger partial charge in [0, 0.05) is 51.3 Å². The highest BCUT2D eigenvalue weighted by molar-refractivity contribution is 6.12. The molecular formula is C76H82N4O. The predicted octanol–water partition coefficient (Wildman–Crippen LogP) is 20.7. The number of fused-ring (bicyclic) bond motifs is 4. The van der Waals surface area contributed by atoms with Crippen molar-refractivity contribution in [2.24, 2.45) is 0 Å². The van der Waals surface area contributed by atoms with Crippen molar-refractivity contribution in [3.8, 4) is 28.4 Å². The Morgan fingerprint density at radius 3 is 1.47 bits per heavy atom. The molecule has 0 unspecified atom stereocenters. The van der Waals surface area contributed by atoms with Crippen molar-refractivity contribution >= 4 is 44.6 Å². The molecule has 0 aliphatic carbocycles. The van der Waals surface area contributed by atoms with Crippen LogP contribution in [-0.2, 0) is 32.5 Å². The van der Waals surface area contributed by atoms with Crippen LogP contribution in [0, 0.1) is 0 Å². The molecule has 1 aliphatic heterocycles. The van der Waals surface area contributed by atoms with Crippen LogP contribution in [0.4, 0.5) is 22.7 Å². The average Bonchev–Trinajstić information content (AvgIpc) is 4.20. The molecule has 0 atom stereocenters. The van der Waals surface area contributed by atoms with Gasteiger partial charge in [-0.25, -0.2) is 4.98 Å². The number of rotatable bonds is 10. The van der Waals surface area contributed by atoms with Gasteiger partial charge in [0.25, 0.3) is 0 Å². The number of benzene rings is 8. The van der Waals surface area contributed by atoms with Crippen LogP contribution in [0.5, 0.6) is 11.5 Å². The first-order chi connectivity index (χ1) is 38.2. The highest BCUT2D eigenvalue weighted by Gasteiger charge is 2.37. The number of hydrogen-bond acceptors (Lipinski definition) is 4. The van der Waals surface area contributed by atoms with Gasteiger partial charge in [0.15, 0.2) is 0 Å². The van der Waals surface area contributed by atoms with Crippen LogP contribution in [0.3, 0.4) is 0 Å². The fraction of sp³-hybridized carbons (Fsp3) is 0.303. The predicted molar refractivity (Wildman–Crippen MR) is 344 cm³/mol. The van der Waals surface area contributed by atoms with Crippen LogP contribution in [0.25, 0.3) is 38.8 Å². The molecule has 0 saturated heterocycles. The fourth-order valence-electron chi connectivity index (χ4n) is 12.2. The van der Waals surface area contributed by atoms with Gasteiger partial charge in [-0.05, 0) is 138 Å². The number of pyridine rings is 1. The Kier molecular flexibility index (Phi) is 13.6. The standard InChI is InChI=1S/C76H82N4O/c1-71(2,3)54-36-37-77-69(43-54)80-65-35-27-26-34-61(65)70-64(76(15,16)53-32-24-19-25-33-53)45-60(46-68(70)80)81-59-42-55(72(4,5)6)40-58(44-59)79-49-78(66-47-62(73(7,8)9)63(48-67(66)79)74(10,11)12)57-39-51(50-28-20-17-21-29-50)38-56(41-57)75(13,14)52-30-22-18-23-31-52/h17-48H,49H2,1-16H3. The first-order valence-corrected chi connectivity index (χ1v) is 29.1. The summed E-state index contributed by atoms with van der Waals surface area (Å²) >= 11 is 0. The Bertz CT molecular complexity index is 3970. The minimum atomic E-state index is -0.402. The Balaban J connectivity index is 1.12. The summed E-state index contributed by atoms with van der Waals surface area (Å²) in [6.45, 7) is 37.9. The lowest BCUT2D eigenvalue weighted by Gasteiger charge is -2.32. The molecule has 1 aliphatic rings. The van der Waals surface area contributed by atoms with E-state index in [9.17, 15) is 0 Å². The molecule has 10 aromatic rings. The molecule has 0 amide bonds. The summed E-state index contributed by atoms with van der Waals surface area (Å²) in [5.74, 6) is 2.45. The van der Waals surface area contributed by atoms with Gasteiger partial charge in [0.1, 0.15) is 24.0 Å². The Morgan fingerprint density at radius 2 is 0.889 bits per heavy atom. The van der Waals surface area contributed by atoms with E-state index < -0.39 is 5.41 Å². The summed E-state index contributed by atoms with van der Waals surface area (Å²) in [5.41, 5.74) is 18.1. The number of hydrogen-bond donors (Lipinski definition) is 0. The van der Waals surface area contributed by atoms with Gasteiger partial charge in [0.05, 0.1) is 22.4 Å². The van der Waals surface area contributed by atoms with E-state index in [1.54, 1.807) is 0 Å². The van der Waals surface area contributed by atoms with E-state index in [-0.39, 0.29) is 27.1 Å².